The SMILES string of the molecule is O=C(O)CC(Cc1ccc(Cl)cc1)N1CCOCC1. The Kier molecular flexibility index (Phi) is 5.19. The highest BCUT2D eigenvalue weighted by Crippen LogP contribution is 2.16. The molecule has 0 spiro atoms. The third-order valence-corrected chi connectivity index (χ3v) is 3.61. The number of aliphatic carboxylic acids is 1. The van der Waals surface area contributed by atoms with E-state index in [4.69, 9.17) is 21.4 Å². The number of carboxylic acids is 1. The lowest BCUT2D eigenvalue weighted by Gasteiger charge is -2.33. The summed E-state index contributed by atoms with van der Waals surface area (Å²) >= 11 is 5.86. The second kappa shape index (κ2) is 6.89. The molecule has 0 radical (unpaired) electrons. The topological polar surface area (TPSA) is 49.8 Å². The third-order valence-electron chi connectivity index (χ3n) is 3.36. The van der Waals surface area contributed by atoms with Gasteiger partial charge in [-0.25, -0.2) is 0 Å². The molecule has 0 aliphatic carbocycles. The van der Waals surface area contributed by atoms with Crippen molar-refractivity contribution < 1.29 is 14.6 Å². The molecule has 1 aliphatic heterocycles. The highest BCUT2D eigenvalue weighted by molar-refractivity contribution is 6.30. The minimum atomic E-state index is -0.759. The van der Waals surface area contributed by atoms with Crippen LogP contribution in [0.15, 0.2) is 24.3 Å². The average Bonchev–Trinajstić information content (AvgIpc) is 2.41. The zero-order chi connectivity index (χ0) is 13.7. The Morgan fingerprint density at radius 2 is 1.95 bits per heavy atom. The molecule has 1 aromatic rings. The lowest BCUT2D eigenvalue weighted by Crippen LogP contribution is -2.45. The number of carboxylic acid groups (broad SMARTS) is 1. The van der Waals surface area contributed by atoms with Gasteiger partial charge < -0.3 is 9.84 Å². The molecule has 1 aromatic carbocycles. The van der Waals surface area contributed by atoms with Crippen molar-refractivity contribution in [3.63, 3.8) is 0 Å². The summed E-state index contributed by atoms with van der Waals surface area (Å²) in [6.07, 6.45) is 0.881. The van der Waals surface area contributed by atoms with Gasteiger partial charge in [0.1, 0.15) is 0 Å². The molecule has 1 fully saturated rings. The zero-order valence-corrected chi connectivity index (χ0v) is 11.5. The maximum atomic E-state index is 11.0. The van der Waals surface area contributed by atoms with Crippen LogP contribution < -0.4 is 0 Å². The van der Waals surface area contributed by atoms with Crippen LogP contribution in [0.3, 0.4) is 0 Å². The number of nitrogens with zero attached hydrogens (tertiary/aromatic N) is 1. The lowest BCUT2D eigenvalue weighted by molar-refractivity contribution is -0.138. The van der Waals surface area contributed by atoms with Crippen LogP contribution in [0.5, 0.6) is 0 Å². The van der Waals surface area contributed by atoms with E-state index in [1.807, 2.05) is 24.3 Å². The van der Waals surface area contributed by atoms with Crippen molar-refractivity contribution >= 4 is 17.6 Å². The molecule has 1 unspecified atom stereocenters. The van der Waals surface area contributed by atoms with Crippen molar-refractivity contribution in [1.82, 2.24) is 4.90 Å². The molecule has 104 valence electrons. The number of benzene rings is 1. The Morgan fingerprint density at radius 1 is 1.32 bits per heavy atom. The normalized spacial score (nSPS) is 18.2. The monoisotopic (exact) mass is 283 g/mol. The summed E-state index contributed by atoms with van der Waals surface area (Å²) in [6, 6.07) is 7.61. The van der Waals surface area contributed by atoms with Crippen molar-refractivity contribution in [2.24, 2.45) is 0 Å². The number of rotatable bonds is 5. The van der Waals surface area contributed by atoms with E-state index in [0.717, 1.165) is 25.1 Å². The molecule has 0 amide bonds. The Morgan fingerprint density at radius 3 is 2.53 bits per heavy atom. The second-order valence-electron chi connectivity index (χ2n) is 4.73. The Bertz CT molecular complexity index is 415. The minimum absolute atomic E-state index is 0.0163. The summed E-state index contributed by atoms with van der Waals surface area (Å²) in [7, 11) is 0. The Balaban J connectivity index is 2.03. The van der Waals surface area contributed by atoms with Crippen LogP contribution in [0.1, 0.15) is 12.0 Å². The molecule has 0 saturated carbocycles. The first-order valence-corrected chi connectivity index (χ1v) is 6.81. The predicted octanol–water partition coefficient (Wildman–Crippen LogP) is 2.06. The number of ether oxygens (including phenoxy) is 1. The lowest BCUT2D eigenvalue weighted by atomic mass is 10.0. The van der Waals surface area contributed by atoms with Gasteiger partial charge in [-0.05, 0) is 24.1 Å². The molecule has 0 bridgehead atoms. The van der Waals surface area contributed by atoms with Gasteiger partial charge in [0.25, 0.3) is 0 Å². The molecule has 19 heavy (non-hydrogen) atoms. The van der Waals surface area contributed by atoms with Gasteiger partial charge in [0.05, 0.1) is 19.6 Å². The third kappa shape index (κ3) is 4.49. The van der Waals surface area contributed by atoms with Gasteiger partial charge in [-0.3, -0.25) is 9.69 Å². The van der Waals surface area contributed by atoms with Gasteiger partial charge in [0, 0.05) is 24.2 Å². The van der Waals surface area contributed by atoms with Crippen molar-refractivity contribution in [3.05, 3.63) is 34.9 Å². The zero-order valence-electron chi connectivity index (χ0n) is 10.7. The molecule has 5 heteroatoms. The van der Waals surface area contributed by atoms with Crippen LogP contribution in [0.2, 0.25) is 5.02 Å². The fourth-order valence-corrected chi connectivity index (χ4v) is 2.49. The van der Waals surface area contributed by atoms with Crippen molar-refractivity contribution in [2.75, 3.05) is 26.3 Å². The summed E-state index contributed by atoms with van der Waals surface area (Å²) in [6.45, 7) is 2.95. The van der Waals surface area contributed by atoms with Crippen LogP contribution in [-0.4, -0.2) is 48.3 Å². The van der Waals surface area contributed by atoms with Crippen LogP contribution in [0.25, 0.3) is 0 Å². The first-order chi connectivity index (χ1) is 9.15. The molecule has 1 heterocycles. The van der Waals surface area contributed by atoms with E-state index >= 15 is 0 Å². The molecule has 0 aromatic heterocycles. The summed E-state index contributed by atoms with van der Waals surface area (Å²) in [4.78, 5) is 13.2. The standard InChI is InChI=1S/C14H18ClNO3/c15-12-3-1-11(2-4-12)9-13(10-14(17)18)16-5-7-19-8-6-16/h1-4,13H,5-10H2,(H,17,18). The van der Waals surface area contributed by atoms with Crippen LogP contribution in [0, 0.1) is 0 Å². The van der Waals surface area contributed by atoms with E-state index in [1.54, 1.807) is 0 Å². The van der Waals surface area contributed by atoms with Crippen molar-refractivity contribution in [3.8, 4) is 0 Å². The summed E-state index contributed by atoms with van der Waals surface area (Å²) in [5, 5.41) is 9.76. The number of hydrogen-bond acceptors (Lipinski definition) is 3. The van der Waals surface area contributed by atoms with Gasteiger partial charge in [0.15, 0.2) is 0 Å². The average molecular weight is 284 g/mol. The van der Waals surface area contributed by atoms with Gasteiger partial charge in [-0.2, -0.15) is 0 Å². The first-order valence-electron chi connectivity index (χ1n) is 6.43. The smallest absolute Gasteiger partial charge is 0.304 e. The van der Waals surface area contributed by atoms with E-state index in [-0.39, 0.29) is 12.5 Å². The fourth-order valence-electron chi connectivity index (χ4n) is 2.37. The predicted molar refractivity (Wildman–Crippen MR) is 73.6 cm³/mol. The van der Waals surface area contributed by atoms with Crippen LogP contribution >= 0.6 is 11.6 Å². The number of carbonyl (C=O) groups is 1. The largest absolute Gasteiger partial charge is 0.481 e. The molecule has 1 atom stereocenters. The van der Waals surface area contributed by atoms with Crippen LogP contribution in [0.4, 0.5) is 0 Å². The van der Waals surface area contributed by atoms with E-state index in [2.05, 4.69) is 4.90 Å². The fraction of sp³-hybridized carbons (Fsp3) is 0.500. The van der Waals surface area contributed by atoms with E-state index < -0.39 is 5.97 Å². The second-order valence-corrected chi connectivity index (χ2v) is 5.17. The van der Waals surface area contributed by atoms with Gasteiger partial charge in [0.2, 0.25) is 0 Å². The van der Waals surface area contributed by atoms with E-state index in [0.29, 0.717) is 18.2 Å². The molecule has 1 saturated heterocycles. The molecule has 1 aliphatic rings. The maximum absolute atomic E-state index is 11.0. The number of hydrogen-bond donors (Lipinski definition) is 1. The molecule has 1 N–H and O–H groups in total. The van der Waals surface area contributed by atoms with Crippen molar-refractivity contribution in [1.29, 1.82) is 0 Å². The van der Waals surface area contributed by atoms with E-state index in [1.165, 1.54) is 0 Å². The molecular formula is C14H18ClNO3. The number of halogens is 1. The first kappa shape index (κ1) is 14.3. The van der Waals surface area contributed by atoms with Gasteiger partial charge in [-0.15, -0.1) is 0 Å². The van der Waals surface area contributed by atoms with Gasteiger partial charge in [-0.1, -0.05) is 23.7 Å². The highest BCUT2D eigenvalue weighted by atomic mass is 35.5. The molecule has 4 nitrogen and oxygen atoms in total. The maximum Gasteiger partial charge on any atom is 0.304 e. The van der Waals surface area contributed by atoms with Crippen molar-refractivity contribution in [2.45, 2.75) is 18.9 Å². The number of morpholine rings is 1. The summed E-state index contributed by atoms with van der Waals surface area (Å²) < 4.78 is 5.31. The van der Waals surface area contributed by atoms with Crippen LogP contribution in [-0.2, 0) is 16.0 Å². The molecular weight excluding hydrogens is 266 g/mol. The Hall–Kier alpha value is -1.10. The van der Waals surface area contributed by atoms with Gasteiger partial charge >= 0.3 is 5.97 Å². The Labute approximate surface area is 117 Å². The summed E-state index contributed by atoms with van der Waals surface area (Å²) in [5.41, 5.74) is 1.11. The molecule has 2 rings (SSSR count). The van der Waals surface area contributed by atoms with E-state index in [9.17, 15) is 4.79 Å². The highest BCUT2D eigenvalue weighted by Gasteiger charge is 2.23. The summed E-state index contributed by atoms with van der Waals surface area (Å²) in [5.74, 6) is -0.759. The quantitative estimate of drug-likeness (QED) is 0.899. The minimum Gasteiger partial charge on any atom is -0.481 e.